The summed E-state index contributed by atoms with van der Waals surface area (Å²) in [5.41, 5.74) is 1.58. The van der Waals surface area contributed by atoms with Crippen LogP contribution in [0.15, 0.2) is 48.5 Å². The number of fused-ring (bicyclic) bond motifs is 1. The molecule has 0 unspecified atom stereocenters. The lowest BCUT2D eigenvalue weighted by molar-refractivity contribution is -0.140. The number of hydrogen-bond acceptors (Lipinski definition) is 4. The smallest absolute Gasteiger partial charge is 0.261 e. The van der Waals surface area contributed by atoms with Crippen molar-refractivity contribution in [2.24, 2.45) is 0 Å². The molecule has 7 nitrogen and oxygen atoms in total. The highest BCUT2D eigenvalue weighted by Crippen LogP contribution is 2.23. The molecule has 0 aliphatic carbocycles. The minimum Gasteiger partial charge on any atom is -0.352 e. The Morgan fingerprint density at radius 2 is 1.64 bits per heavy atom. The molecule has 33 heavy (non-hydrogen) atoms. The quantitative estimate of drug-likeness (QED) is 0.568. The minimum absolute atomic E-state index is 0.0584. The number of carbonyl (C=O) groups is 4. The maximum absolute atomic E-state index is 13.1. The first-order chi connectivity index (χ1) is 15.7. The predicted molar refractivity (Wildman–Crippen MR) is 126 cm³/mol. The number of hydrogen-bond donors (Lipinski definition) is 1. The Bertz CT molecular complexity index is 1030. The Hall–Kier alpha value is -3.19. The topological polar surface area (TPSA) is 86.8 Å². The van der Waals surface area contributed by atoms with Crippen molar-refractivity contribution in [3.63, 3.8) is 0 Å². The number of nitrogens with one attached hydrogen (secondary N) is 1. The Labute approximate surface area is 198 Å². The van der Waals surface area contributed by atoms with Gasteiger partial charge in [0.2, 0.25) is 11.8 Å². The lowest BCUT2D eigenvalue weighted by Crippen LogP contribution is -2.49. The summed E-state index contributed by atoms with van der Waals surface area (Å²) in [6.07, 6.45) is 0.391. The van der Waals surface area contributed by atoms with Gasteiger partial charge >= 0.3 is 0 Å². The molecule has 1 aliphatic rings. The van der Waals surface area contributed by atoms with Gasteiger partial charge in [-0.2, -0.15) is 0 Å². The van der Waals surface area contributed by atoms with Crippen LogP contribution in [0.5, 0.6) is 0 Å². The van der Waals surface area contributed by atoms with E-state index < -0.39 is 6.04 Å². The standard InChI is InChI=1S/C25H28ClN3O4/c1-16(2)27-23(31)17(3)29(15-18-8-6-9-19(26)14-18)22(30)12-7-13-28-24(32)20-10-4-5-11-21(20)25(28)33/h4-6,8-11,14,16-17H,7,12-13,15H2,1-3H3,(H,27,31)/t17-/m0/s1. The Kier molecular flexibility index (Phi) is 7.87. The fraction of sp³-hybridized carbons (Fsp3) is 0.360. The third-order valence-electron chi connectivity index (χ3n) is 5.49. The average molecular weight is 470 g/mol. The van der Waals surface area contributed by atoms with Crippen LogP contribution in [0.25, 0.3) is 0 Å². The molecule has 4 amide bonds. The van der Waals surface area contributed by atoms with Crippen LogP contribution in [-0.4, -0.2) is 52.1 Å². The van der Waals surface area contributed by atoms with Gasteiger partial charge in [0, 0.05) is 30.6 Å². The van der Waals surface area contributed by atoms with Crippen LogP contribution >= 0.6 is 11.6 Å². The molecule has 0 saturated heterocycles. The largest absolute Gasteiger partial charge is 0.352 e. The summed E-state index contributed by atoms with van der Waals surface area (Å²) in [4.78, 5) is 53.5. The van der Waals surface area contributed by atoms with Crippen molar-refractivity contribution in [1.29, 1.82) is 0 Å². The van der Waals surface area contributed by atoms with Gasteiger partial charge in [-0.3, -0.25) is 24.1 Å². The van der Waals surface area contributed by atoms with E-state index in [4.69, 9.17) is 11.6 Å². The van der Waals surface area contributed by atoms with Crippen molar-refractivity contribution in [2.45, 2.75) is 52.2 Å². The van der Waals surface area contributed by atoms with Crippen LogP contribution in [-0.2, 0) is 16.1 Å². The molecular weight excluding hydrogens is 442 g/mol. The van der Waals surface area contributed by atoms with Gasteiger partial charge in [-0.15, -0.1) is 0 Å². The molecule has 1 N–H and O–H groups in total. The van der Waals surface area contributed by atoms with Gasteiger partial charge in [-0.05, 0) is 57.0 Å². The van der Waals surface area contributed by atoms with Crippen LogP contribution in [0.4, 0.5) is 0 Å². The van der Waals surface area contributed by atoms with E-state index in [1.165, 1.54) is 9.80 Å². The van der Waals surface area contributed by atoms with E-state index in [1.54, 1.807) is 49.4 Å². The summed E-state index contributed by atoms with van der Waals surface area (Å²) in [6, 6.07) is 13.1. The van der Waals surface area contributed by atoms with Crippen LogP contribution in [0.3, 0.4) is 0 Å². The fourth-order valence-corrected chi connectivity index (χ4v) is 4.01. The van der Waals surface area contributed by atoms with E-state index in [2.05, 4.69) is 5.32 Å². The Balaban J connectivity index is 1.67. The van der Waals surface area contributed by atoms with Gasteiger partial charge in [0.15, 0.2) is 0 Å². The molecule has 3 rings (SSSR count). The van der Waals surface area contributed by atoms with Crippen LogP contribution < -0.4 is 5.32 Å². The highest BCUT2D eigenvalue weighted by atomic mass is 35.5. The van der Waals surface area contributed by atoms with Gasteiger partial charge in [0.05, 0.1) is 11.1 Å². The van der Waals surface area contributed by atoms with Gasteiger partial charge in [0.25, 0.3) is 11.8 Å². The predicted octanol–water partition coefficient (Wildman–Crippen LogP) is 3.66. The molecule has 1 aliphatic heterocycles. The summed E-state index contributed by atoms with van der Waals surface area (Å²) in [7, 11) is 0. The molecular formula is C25H28ClN3O4. The minimum atomic E-state index is -0.696. The molecule has 0 saturated carbocycles. The first kappa shape index (κ1) is 24.5. The highest BCUT2D eigenvalue weighted by molar-refractivity contribution is 6.30. The van der Waals surface area contributed by atoms with Gasteiger partial charge < -0.3 is 10.2 Å². The Morgan fingerprint density at radius 3 is 2.21 bits per heavy atom. The van der Waals surface area contributed by atoms with Gasteiger partial charge in [0.1, 0.15) is 6.04 Å². The zero-order valence-electron chi connectivity index (χ0n) is 19.0. The molecule has 1 heterocycles. The molecule has 1 atom stereocenters. The molecule has 8 heteroatoms. The molecule has 2 aromatic rings. The molecule has 0 fully saturated rings. The second-order valence-electron chi connectivity index (χ2n) is 8.40. The number of halogens is 1. The summed E-state index contributed by atoms with van der Waals surface area (Å²) in [5.74, 6) is -1.18. The first-order valence-corrected chi connectivity index (χ1v) is 11.4. The van der Waals surface area contributed by atoms with Gasteiger partial charge in [-0.1, -0.05) is 35.9 Å². The molecule has 0 radical (unpaired) electrons. The van der Waals surface area contributed by atoms with E-state index in [0.717, 1.165) is 5.56 Å². The van der Waals surface area contributed by atoms with E-state index in [-0.39, 0.29) is 49.2 Å². The number of rotatable bonds is 9. The normalized spacial score (nSPS) is 13.8. The lowest BCUT2D eigenvalue weighted by atomic mass is 10.1. The summed E-state index contributed by atoms with van der Waals surface area (Å²) >= 11 is 6.09. The second-order valence-corrected chi connectivity index (χ2v) is 8.84. The zero-order chi connectivity index (χ0) is 24.1. The summed E-state index contributed by atoms with van der Waals surface area (Å²) in [5, 5.41) is 3.39. The maximum Gasteiger partial charge on any atom is 0.261 e. The lowest BCUT2D eigenvalue weighted by Gasteiger charge is -2.29. The molecule has 2 aromatic carbocycles. The number of carbonyl (C=O) groups excluding carboxylic acids is 4. The van der Waals surface area contributed by atoms with Gasteiger partial charge in [-0.25, -0.2) is 0 Å². The zero-order valence-corrected chi connectivity index (χ0v) is 19.8. The second kappa shape index (κ2) is 10.6. The van der Waals surface area contributed by atoms with Crippen LogP contribution in [0, 0.1) is 0 Å². The molecule has 0 spiro atoms. The van der Waals surface area contributed by atoms with Crippen LogP contribution in [0.2, 0.25) is 5.02 Å². The molecule has 0 bridgehead atoms. The fourth-order valence-electron chi connectivity index (χ4n) is 3.79. The summed E-state index contributed by atoms with van der Waals surface area (Å²) in [6.45, 7) is 5.75. The third kappa shape index (κ3) is 5.79. The van der Waals surface area contributed by atoms with Crippen molar-refractivity contribution >= 4 is 35.2 Å². The van der Waals surface area contributed by atoms with Crippen molar-refractivity contribution in [2.75, 3.05) is 6.54 Å². The number of imide groups is 1. The maximum atomic E-state index is 13.1. The number of amides is 4. The summed E-state index contributed by atoms with van der Waals surface area (Å²) < 4.78 is 0. The molecule has 174 valence electrons. The molecule has 0 aromatic heterocycles. The van der Waals surface area contributed by atoms with E-state index in [9.17, 15) is 19.2 Å². The first-order valence-electron chi connectivity index (χ1n) is 11.0. The Morgan fingerprint density at radius 1 is 1.00 bits per heavy atom. The SMILES string of the molecule is CC(C)NC(=O)[C@H](C)N(Cc1cccc(Cl)c1)C(=O)CCCN1C(=O)c2ccccc2C1=O. The van der Waals surface area contributed by atoms with E-state index in [0.29, 0.717) is 22.6 Å². The monoisotopic (exact) mass is 469 g/mol. The third-order valence-corrected chi connectivity index (χ3v) is 5.73. The number of benzene rings is 2. The van der Waals surface area contributed by atoms with Crippen molar-refractivity contribution < 1.29 is 19.2 Å². The highest BCUT2D eigenvalue weighted by Gasteiger charge is 2.35. The van der Waals surface area contributed by atoms with Crippen molar-refractivity contribution in [1.82, 2.24) is 15.1 Å². The van der Waals surface area contributed by atoms with Crippen LogP contribution in [0.1, 0.15) is 59.9 Å². The average Bonchev–Trinajstić information content (AvgIpc) is 3.01. The van der Waals surface area contributed by atoms with Crippen molar-refractivity contribution in [3.05, 3.63) is 70.2 Å². The number of nitrogens with zero attached hydrogens (tertiary/aromatic N) is 2. The van der Waals surface area contributed by atoms with Crippen molar-refractivity contribution in [3.8, 4) is 0 Å². The van der Waals surface area contributed by atoms with E-state index in [1.807, 2.05) is 19.9 Å². The van der Waals surface area contributed by atoms with E-state index >= 15 is 0 Å².